The number of nitrogens with one attached hydrogen (secondary N) is 1. The molecule has 2 heterocycles. The van der Waals surface area contributed by atoms with Crippen molar-refractivity contribution in [1.82, 2.24) is 14.6 Å². The Morgan fingerprint density at radius 1 is 1.48 bits per heavy atom. The highest BCUT2D eigenvalue weighted by atomic mass is 32.2. The summed E-state index contributed by atoms with van der Waals surface area (Å²) in [6.07, 6.45) is 1.31. The lowest BCUT2D eigenvalue weighted by Gasteiger charge is -2.40. The van der Waals surface area contributed by atoms with Crippen molar-refractivity contribution in [1.29, 1.82) is 0 Å². The highest BCUT2D eigenvalue weighted by molar-refractivity contribution is 7.91. The summed E-state index contributed by atoms with van der Waals surface area (Å²) in [7, 11) is -2.09. The number of ether oxygens (including phenoxy) is 2. The van der Waals surface area contributed by atoms with Crippen LogP contribution < -0.4 is 9.46 Å². The van der Waals surface area contributed by atoms with Gasteiger partial charge in [-0.1, -0.05) is 11.3 Å². The number of aromatic nitrogens is 1. The van der Waals surface area contributed by atoms with Crippen molar-refractivity contribution in [2.24, 2.45) is 0 Å². The normalized spacial score (nSPS) is 17.9. The quantitative estimate of drug-likeness (QED) is 0.817. The van der Waals surface area contributed by atoms with E-state index in [4.69, 9.17) is 9.47 Å². The van der Waals surface area contributed by atoms with Gasteiger partial charge in [0.05, 0.1) is 26.5 Å². The van der Waals surface area contributed by atoms with E-state index in [1.807, 2.05) is 13.8 Å². The SMILES string of the molecule is COc1ncc(S(=O)(=O)NCC(C)(C)N2CCOCC2)s1. The summed E-state index contributed by atoms with van der Waals surface area (Å²) in [5.74, 6) is 0. The molecule has 0 atom stereocenters. The Bertz CT molecular complexity index is 565. The van der Waals surface area contributed by atoms with Gasteiger partial charge >= 0.3 is 0 Å². The Kier molecular flexibility index (Phi) is 5.20. The molecule has 1 aliphatic rings. The number of morpholine rings is 1. The number of rotatable bonds is 6. The lowest BCUT2D eigenvalue weighted by Crippen LogP contribution is -2.55. The first kappa shape index (κ1) is 16.6. The predicted octanol–water partition coefficient (Wildman–Crippen LogP) is 0.541. The minimum absolute atomic E-state index is 0.164. The van der Waals surface area contributed by atoms with Gasteiger partial charge in [-0.25, -0.2) is 18.1 Å². The summed E-state index contributed by atoms with van der Waals surface area (Å²) < 4.78 is 37.6. The summed E-state index contributed by atoms with van der Waals surface area (Å²) >= 11 is 1.01. The van der Waals surface area contributed by atoms with E-state index >= 15 is 0 Å². The molecule has 120 valence electrons. The second-order valence-electron chi connectivity index (χ2n) is 5.39. The lowest BCUT2D eigenvalue weighted by atomic mass is 10.0. The third-order valence-corrected chi connectivity index (χ3v) is 6.29. The third kappa shape index (κ3) is 4.13. The van der Waals surface area contributed by atoms with Crippen LogP contribution in [0.25, 0.3) is 0 Å². The van der Waals surface area contributed by atoms with Crippen LogP contribution in [0.3, 0.4) is 0 Å². The molecule has 21 heavy (non-hydrogen) atoms. The monoisotopic (exact) mass is 335 g/mol. The van der Waals surface area contributed by atoms with Gasteiger partial charge in [-0.3, -0.25) is 4.90 Å². The van der Waals surface area contributed by atoms with Crippen LogP contribution in [0.15, 0.2) is 10.4 Å². The minimum Gasteiger partial charge on any atom is -0.473 e. The maximum absolute atomic E-state index is 12.3. The summed E-state index contributed by atoms with van der Waals surface area (Å²) in [6, 6.07) is 0. The molecule has 0 unspecified atom stereocenters. The lowest BCUT2D eigenvalue weighted by molar-refractivity contribution is -0.00803. The molecule has 0 spiro atoms. The van der Waals surface area contributed by atoms with Gasteiger partial charge in [-0.05, 0) is 13.8 Å². The number of nitrogens with zero attached hydrogens (tertiary/aromatic N) is 2. The van der Waals surface area contributed by atoms with Gasteiger partial charge in [0.15, 0.2) is 4.21 Å². The fourth-order valence-corrected chi connectivity index (χ4v) is 4.26. The summed E-state index contributed by atoms with van der Waals surface area (Å²) in [5.41, 5.74) is -0.272. The van der Waals surface area contributed by atoms with Gasteiger partial charge < -0.3 is 9.47 Å². The van der Waals surface area contributed by atoms with Crippen LogP contribution in [-0.2, 0) is 14.8 Å². The van der Waals surface area contributed by atoms with Crippen LogP contribution in [0.4, 0.5) is 0 Å². The molecule has 0 saturated carbocycles. The number of sulfonamides is 1. The van der Waals surface area contributed by atoms with Crippen molar-refractivity contribution >= 4 is 21.4 Å². The molecular weight excluding hydrogens is 314 g/mol. The van der Waals surface area contributed by atoms with Crippen LogP contribution in [-0.4, -0.2) is 63.8 Å². The molecule has 1 fully saturated rings. The van der Waals surface area contributed by atoms with Crippen LogP contribution in [0, 0.1) is 0 Å². The highest BCUT2D eigenvalue weighted by Gasteiger charge is 2.30. The summed E-state index contributed by atoms with van der Waals surface area (Å²) in [4.78, 5) is 6.11. The molecule has 9 heteroatoms. The minimum atomic E-state index is -3.55. The van der Waals surface area contributed by atoms with Gasteiger partial charge in [0, 0.05) is 25.2 Å². The molecule has 0 aromatic carbocycles. The standard InChI is InChI=1S/C12H21N3O4S2/c1-12(2,15-4-6-19-7-5-15)9-14-21(16,17)10-8-13-11(18-3)20-10/h8,14H,4-7,9H2,1-3H3. The molecule has 1 aromatic rings. The predicted molar refractivity (Wildman–Crippen MR) is 80.3 cm³/mol. The largest absolute Gasteiger partial charge is 0.473 e. The van der Waals surface area contributed by atoms with E-state index in [0.29, 0.717) is 25.0 Å². The van der Waals surface area contributed by atoms with E-state index in [9.17, 15) is 8.42 Å². The zero-order valence-electron chi connectivity index (χ0n) is 12.5. The first-order chi connectivity index (χ1) is 9.85. The van der Waals surface area contributed by atoms with Crippen molar-refractivity contribution in [2.75, 3.05) is 40.0 Å². The van der Waals surface area contributed by atoms with Gasteiger partial charge in [-0.15, -0.1) is 0 Å². The molecule has 0 bridgehead atoms. The topological polar surface area (TPSA) is 80.8 Å². The molecule has 1 aromatic heterocycles. The molecule has 7 nitrogen and oxygen atoms in total. The van der Waals surface area contributed by atoms with E-state index in [2.05, 4.69) is 14.6 Å². The average Bonchev–Trinajstić information content (AvgIpc) is 2.96. The molecule has 0 aliphatic carbocycles. The Morgan fingerprint density at radius 3 is 2.71 bits per heavy atom. The second-order valence-corrected chi connectivity index (χ2v) is 8.37. The van der Waals surface area contributed by atoms with E-state index in [1.54, 1.807) is 0 Å². The van der Waals surface area contributed by atoms with E-state index in [0.717, 1.165) is 24.4 Å². The van der Waals surface area contributed by atoms with E-state index < -0.39 is 10.0 Å². The first-order valence-electron chi connectivity index (χ1n) is 6.67. The van der Waals surface area contributed by atoms with Gasteiger partial charge in [0.1, 0.15) is 0 Å². The average molecular weight is 335 g/mol. The first-order valence-corrected chi connectivity index (χ1v) is 8.97. The fourth-order valence-electron chi connectivity index (χ4n) is 2.09. The molecule has 2 rings (SSSR count). The summed E-state index contributed by atoms with van der Waals surface area (Å²) in [5, 5.41) is 0.336. The zero-order valence-corrected chi connectivity index (χ0v) is 14.1. The molecule has 0 radical (unpaired) electrons. The van der Waals surface area contributed by atoms with Crippen LogP contribution in [0.2, 0.25) is 0 Å². The number of methoxy groups -OCH3 is 1. The Labute approximate surface area is 129 Å². The van der Waals surface area contributed by atoms with Crippen molar-refractivity contribution in [3.05, 3.63) is 6.20 Å². The van der Waals surface area contributed by atoms with Gasteiger partial charge in [0.25, 0.3) is 15.2 Å². The number of thiazole rings is 1. The Balaban J connectivity index is 2.00. The van der Waals surface area contributed by atoms with Crippen LogP contribution in [0.5, 0.6) is 5.19 Å². The van der Waals surface area contributed by atoms with Crippen LogP contribution in [0.1, 0.15) is 13.8 Å². The second kappa shape index (κ2) is 6.57. The maximum Gasteiger partial charge on any atom is 0.274 e. The molecule has 0 amide bonds. The van der Waals surface area contributed by atoms with E-state index in [-0.39, 0.29) is 9.75 Å². The molecular formula is C12H21N3O4S2. The smallest absolute Gasteiger partial charge is 0.274 e. The van der Waals surface area contributed by atoms with Gasteiger partial charge in [-0.2, -0.15) is 0 Å². The zero-order chi connectivity index (χ0) is 15.5. The molecule has 1 saturated heterocycles. The summed E-state index contributed by atoms with van der Waals surface area (Å²) in [6.45, 7) is 7.36. The highest BCUT2D eigenvalue weighted by Crippen LogP contribution is 2.24. The Hall–Kier alpha value is -0.740. The van der Waals surface area contributed by atoms with Crippen LogP contribution >= 0.6 is 11.3 Å². The maximum atomic E-state index is 12.3. The third-order valence-electron chi connectivity index (χ3n) is 3.46. The fraction of sp³-hybridized carbons (Fsp3) is 0.750. The molecule has 1 aliphatic heterocycles. The van der Waals surface area contributed by atoms with Crippen molar-refractivity contribution in [3.63, 3.8) is 0 Å². The van der Waals surface area contributed by atoms with Gasteiger partial charge in [0.2, 0.25) is 0 Å². The van der Waals surface area contributed by atoms with E-state index in [1.165, 1.54) is 13.3 Å². The molecule has 1 N–H and O–H groups in total. The van der Waals surface area contributed by atoms with Crippen molar-refractivity contribution in [3.8, 4) is 5.19 Å². The number of hydrogen-bond acceptors (Lipinski definition) is 7. The van der Waals surface area contributed by atoms with Crippen molar-refractivity contribution < 1.29 is 17.9 Å². The number of hydrogen-bond donors (Lipinski definition) is 1. The van der Waals surface area contributed by atoms with Crippen molar-refractivity contribution in [2.45, 2.75) is 23.6 Å². The Morgan fingerprint density at radius 2 is 2.14 bits per heavy atom.